The minimum atomic E-state index is -0.473. The zero-order valence-electron chi connectivity index (χ0n) is 14.6. The summed E-state index contributed by atoms with van der Waals surface area (Å²) in [6.07, 6.45) is 2.48. The molecule has 0 aromatic carbocycles. The number of ether oxygens (including phenoxy) is 1. The Morgan fingerprint density at radius 1 is 1.27 bits per heavy atom. The lowest BCUT2D eigenvalue weighted by atomic mass is 10.0. The number of hydrogen-bond donors (Lipinski definition) is 2. The van der Waals surface area contributed by atoms with Crippen LogP contribution in [0.3, 0.4) is 0 Å². The number of hydrogen-bond acceptors (Lipinski definition) is 4. The number of rotatable bonds is 5. The topological polar surface area (TPSA) is 70.7 Å². The highest BCUT2D eigenvalue weighted by Gasteiger charge is 2.23. The maximum atomic E-state index is 11.7. The van der Waals surface area contributed by atoms with Crippen LogP contribution in [0, 0.1) is 0 Å². The van der Waals surface area contributed by atoms with Crippen LogP contribution in [-0.4, -0.2) is 54.2 Å². The summed E-state index contributed by atoms with van der Waals surface area (Å²) in [7, 11) is 0. The number of carbonyl (C=O) groups excluding carboxylic acids is 2. The van der Waals surface area contributed by atoms with Crippen LogP contribution in [0.15, 0.2) is 0 Å². The molecule has 1 unspecified atom stereocenters. The summed E-state index contributed by atoms with van der Waals surface area (Å²) in [5.74, 6) is 0.150. The summed E-state index contributed by atoms with van der Waals surface area (Å²) < 4.78 is 5.24. The number of likely N-dealkylation sites (tertiary alicyclic amines) is 1. The zero-order chi connectivity index (χ0) is 16.8. The van der Waals surface area contributed by atoms with E-state index in [1.165, 1.54) is 0 Å². The first-order valence-corrected chi connectivity index (χ1v) is 8.19. The Morgan fingerprint density at radius 2 is 1.86 bits per heavy atom. The molecule has 0 spiro atoms. The molecule has 1 heterocycles. The first-order valence-electron chi connectivity index (χ1n) is 8.19. The molecule has 128 valence electrons. The molecule has 2 amide bonds. The van der Waals surface area contributed by atoms with Crippen LogP contribution in [0.1, 0.15) is 53.9 Å². The van der Waals surface area contributed by atoms with Crippen molar-refractivity contribution in [2.24, 2.45) is 0 Å². The third-order valence-corrected chi connectivity index (χ3v) is 3.80. The normalized spacial score (nSPS) is 18.0. The van der Waals surface area contributed by atoms with Gasteiger partial charge in [-0.2, -0.15) is 0 Å². The van der Waals surface area contributed by atoms with E-state index in [1.807, 2.05) is 25.7 Å². The number of nitrogens with one attached hydrogen (secondary N) is 2. The van der Waals surface area contributed by atoms with E-state index in [0.717, 1.165) is 32.4 Å². The Kier molecular flexibility index (Phi) is 7.13. The first-order chi connectivity index (χ1) is 10.2. The van der Waals surface area contributed by atoms with E-state index in [1.54, 1.807) is 6.92 Å². The van der Waals surface area contributed by atoms with Gasteiger partial charge in [-0.25, -0.2) is 4.79 Å². The van der Waals surface area contributed by atoms with Gasteiger partial charge in [-0.1, -0.05) is 6.92 Å². The molecule has 1 aliphatic rings. The fourth-order valence-electron chi connectivity index (χ4n) is 2.54. The van der Waals surface area contributed by atoms with E-state index in [9.17, 15) is 9.59 Å². The predicted molar refractivity (Wildman–Crippen MR) is 86.7 cm³/mol. The van der Waals surface area contributed by atoms with Crippen LogP contribution >= 0.6 is 0 Å². The Bertz CT molecular complexity index is 371. The summed E-state index contributed by atoms with van der Waals surface area (Å²) in [5.41, 5.74) is -0.473. The second kappa shape index (κ2) is 8.36. The number of piperidine rings is 1. The van der Waals surface area contributed by atoms with Crippen LogP contribution < -0.4 is 10.6 Å². The molecule has 22 heavy (non-hydrogen) atoms. The standard InChI is InChI=1S/C16H31N3O3/c1-6-13(11-17-15(21)22-16(3,4)5)18-14-7-9-19(10-8-14)12(2)20/h13-14,18H,6-11H2,1-5H3,(H,17,21). The number of amides is 2. The summed E-state index contributed by atoms with van der Waals surface area (Å²) in [6.45, 7) is 11.4. The van der Waals surface area contributed by atoms with Crippen molar-refractivity contribution in [1.29, 1.82) is 0 Å². The molecule has 1 aliphatic heterocycles. The molecule has 6 heteroatoms. The highest BCUT2D eigenvalue weighted by molar-refractivity contribution is 5.73. The molecular weight excluding hydrogens is 282 g/mol. The molecule has 1 rings (SSSR count). The third-order valence-electron chi connectivity index (χ3n) is 3.80. The number of carbonyl (C=O) groups is 2. The maximum absolute atomic E-state index is 11.7. The highest BCUT2D eigenvalue weighted by Crippen LogP contribution is 2.12. The lowest BCUT2D eigenvalue weighted by Crippen LogP contribution is -2.50. The second-order valence-electron chi connectivity index (χ2n) is 6.93. The van der Waals surface area contributed by atoms with E-state index in [4.69, 9.17) is 4.74 Å². The molecule has 1 fully saturated rings. The smallest absolute Gasteiger partial charge is 0.407 e. The van der Waals surface area contributed by atoms with E-state index in [0.29, 0.717) is 12.6 Å². The molecule has 0 aliphatic carbocycles. The van der Waals surface area contributed by atoms with Gasteiger partial charge in [0.05, 0.1) is 0 Å². The number of nitrogens with zero attached hydrogens (tertiary/aromatic N) is 1. The molecule has 0 saturated carbocycles. The van der Waals surface area contributed by atoms with Gasteiger partial charge in [0.15, 0.2) is 0 Å². The Morgan fingerprint density at radius 3 is 2.32 bits per heavy atom. The van der Waals surface area contributed by atoms with Crippen LogP contribution in [-0.2, 0) is 9.53 Å². The van der Waals surface area contributed by atoms with Crippen molar-refractivity contribution in [3.63, 3.8) is 0 Å². The molecular formula is C16H31N3O3. The van der Waals surface area contributed by atoms with Gasteiger partial charge >= 0.3 is 6.09 Å². The van der Waals surface area contributed by atoms with Crippen LogP contribution in [0.25, 0.3) is 0 Å². The molecule has 1 atom stereocenters. The summed E-state index contributed by atoms with van der Waals surface area (Å²) >= 11 is 0. The van der Waals surface area contributed by atoms with Gasteiger partial charge in [-0.05, 0) is 40.0 Å². The number of alkyl carbamates (subject to hydrolysis) is 1. The first kappa shape index (κ1) is 18.7. The van der Waals surface area contributed by atoms with E-state index < -0.39 is 5.60 Å². The maximum Gasteiger partial charge on any atom is 0.407 e. The van der Waals surface area contributed by atoms with Crippen molar-refractivity contribution in [3.05, 3.63) is 0 Å². The molecule has 0 aromatic rings. The van der Waals surface area contributed by atoms with Gasteiger partial charge in [-0.15, -0.1) is 0 Å². The van der Waals surface area contributed by atoms with Gasteiger partial charge < -0.3 is 20.3 Å². The minimum Gasteiger partial charge on any atom is -0.444 e. The van der Waals surface area contributed by atoms with Crippen molar-refractivity contribution in [1.82, 2.24) is 15.5 Å². The Hall–Kier alpha value is -1.30. The second-order valence-corrected chi connectivity index (χ2v) is 6.93. The molecule has 0 bridgehead atoms. The average Bonchev–Trinajstić information content (AvgIpc) is 2.42. The fraction of sp³-hybridized carbons (Fsp3) is 0.875. The van der Waals surface area contributed by atoms with Crippen LogP contribution in [0.5, 0.6) is 0 Å². The van der Waals surface area contributed by atoms with Crippen molar-refractivity contribution < 1.29 is 14.3 Å². The SMILES string of the molecule is CCC(CNC(=O)OC(C)(C)C)NC1CCN(C(C)=O)CC1. The lowest BCUT2D eigenvalue weighted by molar-refractivity contribution is -0.129. The van der Waals surface area contributed by atoms with Gasteiger partial charge in [0.2, 0.25) is 5.91 Å². The van der Waals surface area contributed by atoms with E-state index >= 15 is 0 Å². The minimum absolute atomic E-state index is 0.150. The quantitative estimate of drug-likeness (QED) is 0.813. The molecule has 0 radical (unpaired) electrons. The third kappa shape index (κ3) is 7.11. The Balaban J connectivity index is 2.31. The van der Waals surface area contributed by atoms with E-state index in [2.05, 4.69) is 17.6 Å². The van der Waals surface area contributed by atoms with Gasteiger partial charge in [-0.3, -0.25) is 4.79 Å². The van der Waals surface area contributed by atoms with Gasteiger partial charge in [0, 0.05) is 38.6 Å². The van der Waals surface area contributed by atoms with E-state index in [-0.39, 0.29) is 18.0 Å². The van der Waals surface area contributed by atoms with Crippen LogP contribution in [0.4, 0.5) is 4.79 Å². The van der Waals surface area contributed by atoms with Crippen LogP contribution in [0.2, 0.25) is 0 Å². The van der Waals surface area contributed by atoms with Crippen molar-refractivity contribution >= 4 is 12.0 Å². The molecule has 6 nitrogen and oxygen atoms in total. The lowest BCUT2D eigenvalue weighted by Gasteiger charge is -2.34. The summed E-state index contributed by atoms with van der Waals surface area (Å²) in [6, 6.07) is 0.627. The molecule has 2 N–H and O–H groups in total. The van der Waals surface area contributed by atoms with Gasteiger partial charge in [0.25, 0.3) is 0 Å². The summed E-state index contributed by atoms with van der Waals surface area (Å²) in [5, 5.41) is 6.39. The van der Waals surface area contributed by atoms with Crippen molar-refractivity contribution in [3.8, 4) is 0 Å². The average molecular weight is 313 g/mol. The Labute approximate surface area is 134 Å². The highest BCUT2D eigenvalue weighted by atomic mass is 16.6. The largest absolute Gasteiger partial charge is 0.444 e. The van der Waals surface area contributed by atoms with Crippen molar-refractivity contribution in [2.75, 3.05) is 19.6 Å². The fourth-order valence-corrected chi connectivity index (χ4v) is 2.54. The molecule has 0 aromatic heterocycles. The molecule has 1 saturated heterocycles. The van der Waals surface area contributed by atoms with Crippen molar-refractivity contribution in [2.45, 2.75) is 71.6 Å². The monoisotopic (exact) mass is 313 g/mol. The van der Waals surface area contributed by atoms with Gasteiger partial charge in [0.1, 0.15) is 5.60 Å². The zero-order valence-corrected chi connectivity index (χ0v) is 14.6. The predicted octanol–water partition coefficient (Wildman–Crippen LogP) is 1.89. The summed E-state index contributed by atoms with van der Waals surface area (Å²) in [4.78, 5) is 24.9.